The molecule has 0 spiro atoms. The second kappa shape index (κ2) is 3.98. The van der Waals surface area contributed by atoms with Gasteiger partial charge < -0.3 is 8.94 Å². The summed E-state index contributed by atoms with van der Waals surface area (Å²) < 4.78 is 9.58. The summed E-state index contributed by atoms with van der Waals surface area (Å²) in [7, 11) is 0. The summed E-state index contributed by atoms with van der Waals surface area (Å²) in [4.78, 5) is 14.9. The second-order valence-electron chi connectivity index (χ2n) is 3.27. The van der Waals surface area contributed by atoms with Crippen molar-refractivity contribution in [3.8, 4) is 0 Å². The Morgan fingerprint density at radius 3 is 3.00 bits per heavy atom. The molecule has 1 aliphatic rings. The van der Waals surface area contributed by atoms with Crippen LogP contribution in [0.15, 0.2) is 20.5 Å². The molecule has 2 aromatic rings. The summed E-state index contributed by atoms with van der Waals surface area (Å²) in [6.45, 7) is 0. The number of hydrogen-bond donors (Lipinski definition) is 2. The fraction of sp³-hybridized carbons (Fsp3) is 0.167. The van der Waals surface area contributed by atoms with E-state index in [4.69, 9.17) is 8.94 Å². The van der Waals surface area contributed by atoms with Crippen LogP contribution in [0.25, 0.3) is 0 Å². The molecule has 19 heavy (non-hydrogen) atoms. The maximum atomic E-state index is 11.2. The Morgan fingerprint density at radius 1 is 1.47 bits per heavy atom. The minimum Gasteiger partial charge on any atom is -0.411 e. The third-order valence-electron chi connectivity index (χ3n) is 2.21. The van der Waals surface area contributed by atoms with E-state index in [1.807, 2.05) is 0 Å². The SMILES string of the molecule is O=[N+]([O-])C1(c2nnoc2Nc2nnco2)C=NON1. The van der Waals surface area contributed by atoms with Gasteiger partial charge in [-0.3, -0.25) is 20.4 Å². The van der Waals surface area contributed by atoms with Crippen LogP contribution >= 0.6 is 0 Å². The van der Waals surface area contributed by atoms with E-state index in [1.54, 1.807) is 0 Å². The summed E-state index contributed by atoms with van der Waals surface area (Å²) in [5, 5.41) is 30.7. The van der Waals surface area contributed by atoms with Crippen molar-refractivity contribution in [2.45, 2.75) is 5.66 Å². The van der Waals surface area contributed by atoms with Gasteiger partial charge in [-0.05, 0) is 5.48 Å². The van der Waals surface area contributed by atoms with Crippen LogP contribution in [0.1, 0.15) is 5.69 Å². The minimum atomic E-state index is -2.01. The molecule has 2 N–H and O–H groups in total. The number of nitrogens with zero attached hydrogens (tertiary/aromatic N) is 6. The third-order valence-corrected chi connectivity index (χ3v) is 2.21. The summed E-state index contributed by atoms with van der Waals surface area (Å²) in [5.74, 6) is -0.162. The van der Waals surface area contributed by atoms with Crippen LogP contribution in [-0.4, -0.2) is 31.7 Å². The van der Waals surface area contributed by atoms with Gasteiger partial charge in [0.05, 0.1) is 4.92 Å². The van der Waals surface area contributed by atoms with Crippen molar-refractivity contribution in [1.29, 1.82) is 0 Å². The predicted molar refractivity (Wildman–Crippen MR) is 53.3 cm³/mol. The Labute approximate surface area is 102 Å². The van der Waals surface area contributed by atoms with Gasteiger partial charge >= 0.3 is 11.7 Å². The Balaban J connectivity index is 1.99. The molecule has 2 aromatic heterocycles. The zero-order valence-electron chi connectivity index (χ0n) is 8.88. The number of hydroxylamine groups is 1. The van der Waals surface area contributed by atoms with Crippen molar-refractivity contribution < 1.29 is 18.8 Å². The Morgan fingerprint density at radius 2 is 2.37 bits per heavy atom. The van der Waals surface area contributed by atoms with Crippen LogP contribution in [0.5, 0.6) is 0 Å². The molecule has 0 aliphatic carbocycles. The lowest BCUT2D eigenvalue weighted by molar-refractivity contribution is -0.571. The molecule has 1 atom stereocenters. The molecular weight excluding hydrogens is 264 g/mol. The third kappa shape index (κ3) is 1.64. The number of aromatic nitrogens is 4. The van der Waals surface area contributed by atoms with Crippen molar-refractivity contribution in [3.63, 3.8) is 0 Å². The smallest absolute Gasteiger partial charge is 0.395 e. The van der Waals surface area contributed by atoms with Crippen molar-refractivity contribution in [1.82, 2.24) is 26.0 Å². The standard InChI is InChI=1S/C6H4N8O5/c15-14(16)6(1-8-19-12-6)3-4(18-13-10-3)9-5-11-7-2-17-5/h1-2,12H,(H,9,11). The number of anilines is 2. The fourth-order valence-electron chi connectivity index (χ4n) is 1.35. The topological polar surface area (TPSA) is 167 Å². The lowest BCUT2D eigenvalue weighted by Crippen LogP contribution is -2.47. The fourth-order valence-corrected chi connectivity index (χ4v) is 1.35. The monoisotopic (exact) mass is 268 g/mol. The van der Waals surface area contributed by atoms with Gasteiger partial charge in [-0.25, -0.2) is 0 Å². The maximum absolute atomic E-state index is 11.2. The molecule has 98 valence electrons. The number of nitrogens with one attached hydrogen (secondary N) is 2. The lowest BCUT2D eigenvalue weighted by Gasteiger charge is -2.12. The van der Waals surface area contributed by atoms with Gasteiger partial charge in [0.1, 0.15) is 6.21 Å². The van der Waals surface area contributed by atoms with E-state index < -0.39 is 10.6 Å². The van der Waals surface area contributed by atoms with E-state index >= 15 is 0 Å². The van der Waals surface area contributed by atoms with Gasteiger partial charge in [0, 0.05) is 5.27 Å². The van der Waals surface area contributed by atoms with Gasteiger partial charge in [-0.1, -0.05) is 10.3 Å². The highest BCUT2D eigenvalue weighted by Crippen LogP contribution is 2.29. The van der Waals surface area contributed by atoms with Crippen molar-refractivity contribution in [2.75, 3.05) is 5.32 Å². The normalized spacial score (nSPS) is 21.3. The molecule has 3 rings (SSSR count). The van der Waals surface area contributed by atoms with Crippen LogP contribution in [0.3, 0.4) is 0 Å². The summed E-state index contributed by atoms with van der Waals surface area (Å²) >= 11 is 0. The molecule has 1 aliphatic heterocycles. The summed E-state index contributed by atoms with van der Waals surface area (Å²) in [5.41, 5.74) is -0.121. The first kappa shape index (κ1) is 11.0. The Bertz CT molecular complexity index is 621. The Hall–Kier alpha value is -3.09. The van der Waals surface area contributed by atoms with Gasteiger partial charge in [0.25, 0.3) is 5.88 Å². The summed E-state index contributed by atoms with van der Waals surface area (Å²) in [6.07, 6.45) is 1.97. The second-order valence-corrected chi connectivity index (χ2v) is 3.27. The number of oxime groups is 1. The van der Waals surface area contributed by atoms with Crippen molar-refractivity contribution >= 4 is 18.1 Å². The maximum Gasteiger partial charge on any atom is 0.395 e. The van der Waals surface area contributed by atoms with Gasteiger partial charge in [-0.15, -0.1) is 10.2 Å². The van der Waals surface area contributed by atoms with Crippen LogP contribution < -0.4 is 10.8 Å². The van der Waals surface area contributed by atoms with Crippen LogP contribution in [0, 0.1) is 10.1 Å². The number of hydrogen-bond acceptors (Lipinski definition) is 12. The highest BCUT2D eigenvalue weighted by molar-refractivity contribution is 5.72. The molecule has 0 fully saturated rings. The quantitative estimate of drug-likeness (QED) is 0.523. The van der Waals surface area contributed by atoms with E-state index in [0.717, 1.165) is 12.6 Å². The van der Waals surface area contributed by atoms with Crippen molar-refractivity contribution in [3.05, 3.63) is 22.2 Å². The molecule has 0 saturated carbocycles. The average molecular weight is 268 g/mol. The predicted octanol–water partition coefficient (Wildman–Crippen LogP) is -0.854. The molecule has 13 heteroatoms. The van der Waals surface area contributed by atoms with Crippen molar-refractivity contribution in [2.24, 2.45) is 5.16 Å². The van der Waals surface area contributed by atoms with E-state index in [0.29, 0.717) is 0 Å². The first-order chi connectivity index (χ1) is 9.22. The molecular formula is C6H4N8O5. The first-order valence-electron chi connectivity index (χ1n) is 4.70. The van der Waals surface area contributed by atoms with E-state index in [-0.39, 0.29) is 17.6 Å². The zero-order valence-corrected chi connectivity index (χ0v) is 8.88. The molecule has 0 amide bonds. The van der Waals surface area contributed by atoms with E-state index in [9.17, 15) is 10.1 Å². The number of rotatable bonds is 4. The van der Waals surface area contributed by atoms with Crippen LogP contribution in [-0.2, 0) is 10.6 Å². The molecule has 3 heterocycles. The van der Waals surface area contributed by atoms with E-state index in [2.05, 4.69) is 41.5 Å². The van der Waals surface area contributed by atoms with E-state index in [1.165, 1.54) is 0 Å². The minimum absolute atomic E-state index is 0.0471. The Kier molecular flexibility index (Phi) is 2.31. The largest absolute Gasteiger partial charge is 0.411 e. The molecule has 0 radical (unpaired) electrons. The molecule has 1 unspecified atom stereocenters. The first-order valence-corrected chi connectivity index (χ1v) is 4.70. The molecule has 0 aromatic carbocycles. The highest BCUT2D eigenvalue weighted by Gasteiger charge is 2.54. The van der Waals surface area contributed by atoms with Crippen LogP contribution in [0.4, 0.5) is 11.9 Å². The van der Waals surface area contributed by atoms with Gasteiger partial charge in [0.2, 0.25) is 12.1 Å². The zero-order chi connectivity index (χ0) is 13.3. The number of nitro groups is 1. The highest BCUT2D eigenvalue weighted by atomic mass is 16.8. The van der Waals surface area contributed by atoms with Gasteiger partial charge in [-0.2, -0.15) is 0 Å². The van der Waals surface area contributed by atoms with Gasteiger partial charge in [0.15, 0.2) is 0 Å². The molecule has 13 nitrogen and oxygen atoms in total. The lowest BCUT2D eigenvalue weighted by atomic mass is 10.1. The molecule has 0 bridgehead atoms. The summed E-state index contributed by atoms with van der Waals surface area (Å²) in [6, 6.07) is -0.0471. The molecule has 0 saturated heterocycles. The van der Waals surface area contributed by atoms with Crippen LogP contribution in [0.2, 0.25) is 0 Å². The average Bonchev–Trinajstić information content (AvgIpc) is 3.09.